The van der Waals surface area contributed by atoms with Crippen molar-refractivity contribution in [1.82, 2.24) is 19.6 Å². The zero-order valence-electron chi connectivity index (χ0n) is 21.7. The zero-order valence-corrected chi connectivity index (χ0v) is 21.7. The molecule has 5 rings (SSSR count). The lowest BCUT2D eigenvalue weighted by Gasteiger charge is -2.45. The quantitative estimate of drug-likeness (QED) is 0.651. The highest BCUT2D eigenvalue weighted by Gasteiger charge is 2.44. The molecule has 2 amide bonds. The van der Waals surface area contributed by atoms with E-state index in [2.05, 4.69) is 45.3 Å². The van der Waals surface area contributed by atoms with Crippen molar-refractivity contribution in [3.63, 3.8) is 0 Å². The molecule has 3 fully saturated rings. The van der Waals surface area contributed by atoms with Gasteiger partial charge >= 0.3 is 6.03 Å². The van der Waals surface area contributed by atoms with Crippen LogP contribution in [0.3, 0.4) is 0 Å². The number of piperidine rings is 2. The van der Waals surface area contributed by atoms with Crippen molar-refractivity contribution in [3.8, 4) is 0 Å². The van der Waals surface area contributed by atoms with Crippen LogP contribution in [0.5, 0.6) is 0 Å². The van der Waals surface area contributed by atoms with Crippen LogP contribution in [0.1, 0.15) is 56.6 Å². The second-order valence-electron chi connectivity index (χ2n) is 10.8. The van der Waals surface area contributed by atoms with Crippen molar-refractivity contribution in [2.24, 2.45) is 0 Å². The number of anilines is 2. The summed E-state index contributed by atoms with van der Waals surface area (Å²) in [6, 6.07) is 7.85. The van der Waals surface area contributed by atoms with Crippen molar-refractivity contribution in [3.05, 3.63) is 41.6 Å². The molecule has 8 nitrogen and oxygen atoms in total. The Kier molecular flexibility index (Phi) is 6.95. The predicted octanol–water partition coefficient (Wildman–Crippen LogP) is 4.48. The first-order chi connectivity index (χ1) is 17.6. The van der Waals surface area contributed by atoms with Gasteiger partial charge in [0.25, 0.3) is 5.92 Å². The van der Waals surface area contributed by atoms with Crippen LogP contribution in [0, 0.1) is 6.92 Å². The molecule has 0 bridgehead atoms. The first-order valence-electron chi connectivity index (χ1n) is 13.2. The molecule has 3 aliphatic rings. The third-order valence-corrected chi connectivity index (χ3v) is 8.23. The number of likely N-dealkylation sites (tertiary alicyclic amines) is 2. The van der Waals surface area contributed by atoms with Gasteiger partial charge in [-0.3, -0.25) is 9.69 Å². The lowest BCUT2D eigenvalue weighted by molar-refractivity contribution is -0.114. The van der Waals surface area contributed by atoms with Crippen molar-refractivity contribution in [2.75, 3.05) is 42.9 Å². The van der Waals surface area contributed by atoms with Gasteiger partial charge in [0.05, 0.1) is 0 Å². The molecule has 4 heterocycles. The van der Waals surface area contributed by atoms with Gasteiger partial charge in [0.15, 0.2) is 5.82 Å². The summed E-state index contributed by atoms with van der Waals surface area (Å²) in [5, 5.41) is 6.79. The van der Waals surface area contributed by atoms with Crippen LogP contribution >= 0.6 is 0 Å². The third kappa shape index (κ3) is 5.49. The number of nitrogens with zero attached hydrogens (tertiary/aromatic N) is 5. The van der Waals surface area contributed by atoms with Gasteiger partial charge in [0, 0.05) is 76.0 Å². The minimum Gasteiger partial charge on any atom is -0.371 e. The van der Waals surface area contributed by atoms with Crippen molar-refractivity contribution < 1.29 is 18.4 Å². The number of benzene rings is 1. The maximum atomic E-state index is 13.8. The Morgan fingerprint density at radius 3 is 2.43 bits per heavy atom. The van der Waals surface area contributed by atoms with Gasteiger partial charge < -0.3 is 15.1 Å². The topological polar surface area (TPSA) is 73.7 Å². The van der Waals surface area contributed by atoms with Gasteiger partial charge in [0.1, 0.15) is 0 Å². The van der Waals surface area contributed by atoms with Crippen LogP contribution in [-0.2, 0) is 11.3 Å². The fourth-order valence-corrected chi connectivity index (χ4v) is 6.13. The second kappa shape index (κ2) is 10.0. The molecule has 1 N–H and O–H groups in total. The van der Waals surface area contributed by atoms with Crippen molar-refractivity contribution >= 4 is 23.4 Å². The summed E-state index contributed by atoms with van der Waals surface area (Å²) in [5.41, 5.74) is 3.45. The highest BCUT2D eigenvalue weighted by molar-refractivity contribution is 5.88. The summed E-state index contributed by atoms with van der Waals surface area (Å²) in [4.78, 5) is 30.8. The number of rotatable bonds is 4. The number of halogens is 2. The maximum Gasteiger partial charge on any atom is 0.344 e. The van der Waals surface area contributed by atoms with Crippen molar-refractivity contribution in [2.45, 2.75) is 70.4 Å². The first kappa shape index (κ1) is 25.6. The monoisotopic (exact) mass is 514 g/mol. The number of alkyl halides is 2. The molecule has 2 aromatic rings. The molecule has 0 aliphatic carbocycles. The van der Waals surface area contributed by atoms with Crippen LogP contribution < -0.4 is 10.2 Å². The lowest BCUT2D eigenvalue weighted by Crippen LogP contribution is -2.53. The van der Waals surface area contributed by atoms with E-state index in [1.165, 1.54) is 17.2 Å². The number of carbonyl (C=O) groups is 2. The zero-order chi connectivity index (χ0) is 26.2. The average Bonchev–Trinajstić information content (AvgIpc) is 3.47. The molecule has 1 aromatic carbocycles. The van der Waals surface area contributed by atoms with E-state index in [0.29, 0.717) is 32.0 Å². The Morgan fingerprint density at radius 1 is 1.00 bits per heavy atom. The predicted molar refractivity (Wildman–Crippen MR) is 138 cm³/mol. The minimum absolute atomic E-state index is 0.0410. The van der Waals surface area contributed by atoms with Gasteiger partial charge in [-0.15, -0.1) is 5.10 Å². The second-order valence-corrected chi connectivity index (χ2v) is 10.8. The molecule has 10 heteroatoms. The molecule has 200 valence electrons. The van der Waals surface area contributed by atoms with Gasteiger partial charge in [-0.25, -0.2) is 13.6 Å². The SMILES string of the molecule is CC(=O)Nc1ccn(C(=O)N2CCC3(CCCN3Cc3ccc(C)cc3N3CCC(F)(F)CC3)CC2)n1. The number of hydrogen-bond donors (Lipinski definition) is 1. The molecule has 0 saturated carbocycles. The number of hydrogen-bond acceptors (Lipinski definition) is 5. The summed E-state index contributed by atoms with van der Waals surface area (Å²) in [5.74, 6) is -2.43. The van der Waals surface area contributed by atoms with E-state index >= 15 is 0 Å². The summed E-state index contributed by atoms with van der Waals surface area (Å²) in [6.45, 7) is 7.29. The Balaban J connectivity index is 1.25. The van der Waals surface area contributed by atoms with Gasteiger partial charge in [-0.2, -0.15) is 4.68 Å². The third-order valence-electron chi connectivity index (χ3n) is 8.23. The van der Waals surface area contributed by atoms with E-state index in [0.717, 1.165) is 50.0 Å². The van der Waals surface area contributed by atoms with Crippen LogP contribution in [-0.4, -0.2) is 75.7 Å². The van der Waals surface area contributed by atoms with E-state index in [4.69, 9.17) is 0 Å². The summed E-state index contributed by atoms with van der Waals surface area (Å²) in [7, 11) is 0. The Morgan fingerprint density at radius 2 is 1.73 bits per heavy atom. The first-order valence-corrected chi connectivity index (χ1v) is 13.2. The smallest absolute Gasteiger partial charge is 0.344 e. The van der Waals surface area contributed by atoms with E-state index < -0.39 is 5.92 Å². The summed E-state index contributed by atoms with van der Waals surface area (Å²) >= 11 is 0. The number of aryl methyl sites for hydroxylation is 1. The lowest BCUT2D eigenvalue weighted by atomic mass is 9.84. The number of aromatic nitrogens is 2. The molecular weight excluding hydrogens is 478 g/mol. The fraction of sp³-hybridized carbons (Fsp3) is 0.593. The molecule has 3 aliphatic heterocycles. The molecule has 0 atom stereocenters. The molecule has 0 unspecified atom stereocenters. The normalized spacial score (nSPS) is 21.4. The van der Waals surface area contributed by atoms with Gasteiger partial charge in [-0.1, -0.05) is 12.1 Å². The number of nitrogens with one attached hydrogen (secondary N) is 1. The standard InChI is InChI=1S/C27H36F2N6O2/c1-20-4-5-22(23(18-20)32-16-10-27(28,29)11-17-32)19-34-12-3-7-26(34)8-14-33(15-9-26)25(37)35-13-6-24(31-35)30-21(2)36/h4-6,13,18H,3,7-12,14-17,19H2,1-2H3,(H,30,31,36). The number of carbonyl (C=O) groups excluding carboxylic acids is 2. The van der Waals surface area contributed by atoms with Gasteiger partial charge in [-0.05, 0) is 56.3 Å². The average molecular weight is 515 g/mol. The largest absolute Gasteiger partial charge is 0.371 e. The molecule has 1 spiro atoms. The Labute approximate surface area is 216 Å². The van der Waals surface area contributed by atoms with E-state index in [-0.39, 0.29) is 30.3 Å². The van der Waals surface area contributed by atoms with E-state index in [9.17, 15) is 18.4 Å². The Hall–Kier alpha value is -3.01. The van der Waals surface area contributed by atoms with Crippen LogP contribution in [0.25, 0.3) is 0 Å². The molecule has 37 heavy (non-hydrogen) atoms. The van der Waals surface area contributed by atoms with Crippen LogP contribution in [0.15, 0.2) is 30.5 Å². The van der Waals surface area contributed by atoms with Crippen LogP contribution in [0.2, 0.25) is 0 Å². The van der Waals surface area contributed by atoms with Gasteiger partial charge in [0.2, 0.25) is 5.91 Å². The summed E-state index contributed by atoms with van der Waals surface area (Å²) in [6.07, 6.45) is 5.37. The van der Waals surface area contributed by atoms with E-state index in [1.807, 2.05) is 4.90 Å². The molecule has 1 aromatic heterocycles. The highest BCUT2D eigenvalue weighted by atomic mass is 19.3. The highest BCUT2D eigenvalue weighted by Crippen LogP contribution is 2.41. The molecule has 0 radical (unpaired) electrons. The fourth-order valence-electron chi connectivity index (χ4n) is 6.13. The molecular formula is C27H36F2N6O2. The minimum atomic E-state index is -2.56. The van der Waals surface area contributed by atoms with Crippen molar-refractivity contribution in [1.29, 1.82) is 0 Å². The van der Waals surface area contributed by atoms with E-state index in [1.54, 1.807) is 12.3 Å². The number of amides is 2. The molecule has 3 saturated heterocycles. The maximum absolute atomic E-state index is 13.8. The Bertz CT molecular complexity index is 1150. The van der Waals surface area contributed by atoms with Crippen LogP contribution in [0.4, 0.5) is 25.1 Å². The summed E-state index contributed by atoms with van der Waals surface area (Å²) < 4.78 is 28.9.